The summed E-state index contributed by atoms with van der Waals surface area (Å²) in [4.78, 5) is 4.91. The topological polar surface area (TPSA) is 15.8 Å². The molecule has 1 aromatic carbocycles. The van der Waals surface area contributed by atoms with Crippen molar-refractivity contribution in [1.29, 1.82) is 0 Å². The third-order valence-electron chi connectivity index (χ3n) is 2.20. The van der Waals surface area contributed by atoms with E-state index in [9.17, 15) is 0 Å². The van der Waals surface area contributed by atoms with Crippen molar-refractivity contribution in [3.05, 3.63) is 24.3 Å². The molecule has 0 aliphatic rings. The molecule has 80 valence electrons. The molecule has 0 spiro atoms. The Hall–Kier alpha value is -0.540. The minimum Gasteiger partial charge on any atom is -0.349 e. The van der Waals surface area contributed by atoms with Crippen LogP contribution in [-0.2, 0) is 0 Å². The zero-order valence-corrected chi connectivity index (χ0v) is 10.7. The first-order valence-corrected chi connectivity index (χ1v) is 7.20. The lowest BCUT2D eigenvalue weighted by Gasteiger charge is -2.00. The van der Waals surface area contributed by atoms with Gasteiger partial charge in [-0.15, -0.1) is 23.5 Å². The van der Waals surface area contributed by atoms with Crippen LogP contribution in [0.25, 0.3) is 10.9 Å². The third-order valence-corrected chi connectivity index (χ3v) is 4.22. The van der Waals surface area contributed by atoms with E-state index in [0.717, 1.165) is 11.5 Å². The smallest absolute Gasteiger partial charge is 0.0871 e. The van der Waals surface area contributed by atoms with Crippen molar-refractivity contribution < 1.29 is 0 Å². The molecule has 0 saturated carbocycles. The lowest BCUT2D eigenvalue weighted by Crippen LogP contribution is -1.76. The molecule has 0 aliphatic heterocycles. The molecule has 15 heavy (non-hydrogen) atoms. The quantitative estimate of drug-likeness (QED) is 0.794. The van der Waals surface area contributed by atoms with Gasteiger partial charge in [-0.3, -0.25) is 0 Å². The number of hydrogen-bond donors (Lipinski definition) is 1. The van der Waals surface area contributed by atoms with Crippen molar-refractivity contribution >= 4 is 34.4 Å². The monoisotopic (exact) mass is 237 g/mol. The minimum absolute atomic E-state index is 1.12. The molecule has 3 heteroatoms. The van der Waals surface area contributed by atoms with Crippen molar-refractivity contribution in [1.82, 2.24) is 4.98 Å². The zero-order chi connectivity index (χ0) is 10.7. The molecule has 0 radical (unpaired) electrons. The fourth-order valence-corrected chi connectivity index (χ4v) is 3.49. The van der Waals surface area contributed by atoms with Crippen LogP contribution < -0.4 is 0 Å². The van der Waals surface area contributed by atoms with Crippen LogP contribution in [0.4, 0.5) is 0 Å². The molecular weight excluding hydrogens is 222 g/mol. The number of aromatic nitrogens is 1. The Balaban J connectivity index is 2.53. The van der Waals surface area contributed by atoms with E-state index >= 15 is 0 Å². The minimum atomic E-state index is 1.12. The van der Waals surface area contributed by atoms with Crippen molar-refractivity contribution in [3.8, 4) is 0 Å². The fourth-order valence-electron chi connectivity index (χ4n) is 1.63. The second kappa shape index (κ2) is 4.99. The fraction of sp³-hybridized carbons (Fsp3) is 0.333. The molecule has 0 bridgehead atoms. The summed E-state index contributed by atoms with van der Waals surface area (Å²) in [7, 11) is 0. The third kappa shape index (κ3) is 2.18. The van der Waals surface area contributed by atoms with Gasteiger partial charge in [0.2, 0.25) is 0 Å². The predicted octanol–water partition coefficient (Wildman–Crippen LogP) is 4.39. The van der Waals surface area contributed by atoms with Gasteiger partial charge in [0.1, 0.15) is 0 Å². The van der Waals surface area contributed by atoms with E-state index in [-0.39, 0.29) is 0 Å². The number of thioether (sulfide) groups is 2. The first kappa shape index (κ1) is 11.0. The van der Waals surface area contributed by atoms with E-state index in [1.165, 1.54) is 20.8 Å². The molecule has 1 aromatic heterocycles. The number of nitrogens with one attached hydrogen (secondary N) is 1. The van der Waals surface area contributed by atoms with Crippen molar-refractivity contribution in [2.75, 3.05) is 11.5 Å². The predicted molar refractivity (Wildman–Crippen MR) is 71.1 cm³/mol. The van der Waals surface area contributed by atoms with Gasteiger partial charge in [-0.25, -0.2) is 0 Å². The number of rotatable bonds is 4. The van der Waals surface area contributed by atoms with Crippen molar-refractivity contribution in [2.45, 2.75) is 23.8 Å². The van der Waals surface area contributed by atoms with Crippen LogP contribution in [0.15, 0.2) is 34.2 Å². The van der Waals surface area contributed by atoms with Gasteiger partial charge in [-0.2, -0.15) is 0 Å². The molecule has 1 N–H and O–H groups in total. The average molecular weight is 237 g/mol. The number of fused-ring (bicyclic) bond motifs is 1. The van der Waals surface area contributed by atoms with Gasteiger partial charge in [0.25, 0.3) is 0 Å². The maximum Gasteiger partial charge on any atom is 0.0871 e. The highest BCUT2D eigenvalue weighted by Gasteiger charge is 2.10. The molecule has 0 unspecified atom stereocenters. The van der Waals surface area contributed by atoms with Gasteiger partial charge < -0.3 is 4.98 Å². The summed E-state index contributed by atoms with van der Waals surface area (Å²) in [6.07, 6.45) is 0. The van der Waals surface area contributed by atoms with Gasteiger partial charge in [0.15, 0.2) is 0 Å². The second-order valence-corrected chi connectivity index (χ2v) is 5.74. The number of benzene rings is 1. The molecule has 0 aliphatic carbocycles. The number of hydrogen-bond acceptors (Lipinski definition) is 2. The second-order valence-electron chi connectivity index (χ2n) is 3.19. The van der Waals surface area contributed by atoms with E-state index in [4.69, 9.17) is 0 Å². The highest BCUT2D eigenvalue weighted by Crippen LogP contribution is 2.36. The summed E-state index contributed by atoms with van der Waals surface area (Å²) in [6, 6.07) is 8.54. The van der Waals surface area contributed by atoms with Gasteiger partial charge in [0.05, 0.1) is 5.03 Å². The molecule has 2 rings (SSSR count). The highest BCUT2D eigenvalue weighted by atomic mass is 32.2. The summed E-state index contributed by atoms with van der Waals surface area (Å²) in [5.74, 6) is 2.24. The maximum absolute atomic E-state index is 3.49. The first-order chi connectivity index (χ1) is 7.36. The standard InChI is InChI=1S/C12H15NS2/c1-3-14-11-9-7-5-6-8-10(9)13-12(11)15-4-2/h5-8,13H,3-4H2,1-2H3. The Morgan fingerprint density at radius 3 is 2.53 bits per heavy atom. The Labute approximate surface area is 99.0 Å². The van der Waals surface area contributed by atoms with Gasteiger partial charge in [0, 0.05) is 15.8 Å². The molecule has 0 amide bonds. The highest BCUT2D eigenvalue weighted by molar-refractivity contribution is 8.02. The average Bonchev–Trinajstić information content (AvgIpc) is 2.59. The lowest BCUT2D eigenvalue weighted by atomic mass is 10.2. The Morgan fingerprint density at radius 1 is 1.07 bits per heavy atom. The largest absolute Gasteiger partial charge is 0.349 e. The molecular formula is C12H15NS2. The SMILES string of the molecule is CCSc1[nH]c2ccccc2c1SCC. The summed E-state index contributed by atoms with van der Waals surface area (Å²) in [5, 5.41) is 2.69. The van der Waals surface area contributed by atoms with E-state index < -0.39 is 0 Å². The molecule has 0 atom stereocenters. The van der Waals surface area contributed by atoms with Gasteiger partial charge in [-0.05, 0) is 17.6 Å². The Bertz CT molecular complexity index is 448. The van der Waals surface area contributed by atoms with Crippen LogP contribution in [0, 0.1) is 0 Å². The zero-order valence-electron chi connectivity index (χ0n) is 9.04. The normalized spacial score (nSPS) is 11.1. The Morgan fingerprint density at radius 2 is 1.80 bits per heavy atom. The summed E-state index contributed by atoms with van der Waals surface area (Å²) < 4.78 is 0. The van der Waals surface area contributed by atoms with Gasteiger partial charge in [-0.1, -0.05) is 32.0 Å². The van der Waals surface area contributed by atoms with Crippen LogP contribution in [0.3, 0.4) is 0 Å². The number of aromatic amines is 1. The molecule has 0 saturated heterocycles. The Kier molecular flexibility index (Phi) is 3.65. The molecule has 0 fully saturated rings. The van der Waals surface area contributed by atoms with Crippen LogP contribution >= 0.6 is 23.5 Å². The van der Waals surface area contributed by atoms with Crippen LogP contribution in [0.1, 0.15) is 13.8 Å². The van der Waals surface area contributed by atoms with Crippen molar-refractivity contribution in [3.63, 3.8) is 0 Å². The van der Waals surface area contributed by atoms with E-state index in [2.05, 4.69) is 43.1 Å². The summed E-state index contributed by atoms with van der Waals surface area (Å²) in [5.41, 5.74) is 1.25. The van der Waals surface area contributed by atoms with E-state index in [1.54, 1.807) is 0 Å². The van der Waals surface area contributed by atoms with Crippen molar-refractivity contribution in [2.24, 2.45) is 0 Å². The van der Waals surface area contributed by atoms with Crippen LogP contribution in [0.2, 0.25) is 0 Å². The maximum atomic E-state index is 3.49. The molecule has 1 heterocycles. The number of para-hydroxylation sites is 1. The summed E-state index contributed by atoms with van der Waals surface area (Å²) in [6.45, 7) is 4.39. The lowest BCUT2D eigenvalue weighted by molar-refractivity contribution is 1.15. The number of H-pyrrole nitrogens is 1. The van der Waals surface area contributed by atoms with Crippen LogP contribution in [0.5, 0.6) is 0 Å². The van der Waals surface area contributed by atoms with Crippen LogP contribution in [-0.4, -0.2) is 16.5 Å². The summed E-state index contributed by atoms with van der Waals surface area (Å²) >= 11 is 3.82. The van der Waals surface area contributed by atoms with E-state index in [1.807, 2.05) is 23.5 Å². The van der Waals surface area contributed by atoms with E-state index in [0.29, 0.717) is 0 Å². The molecule has 2 aromatic rings. The molecule has 1 nitrogen and oxygen atoms in total. The van der Waals surface area contributed by atoms with Gasteiger partial charge >= 0.3 is 0 Å². The first-order valence-electron chi connectivity index (χ1n) is 5.23.